The largest absolute Gasteiger partial charge is 0.340 e. The maximum absolute atomic E-state index is 12.9. The molecule has 1 heterocycles. The Morgan fingerprint density at radius 1 is 0.926 bits per heavy atom. The van der Waals surface area contributed by atoms with Gasteiger partial charge in [0.2, 0.25) is 15.9 Å². The van der Waals surface area contributed by atoms with Crippen molar-refractivity contribution >= 4 is 15.9 Å². The second-order valence-corrected chi connectivity index (χ2v) is 9.11. The fourth-order valence-corrected chi connectivity index (χ4v) is 4.66. The van der Waals surface area contributed by atoms with Gasteiger partial charge in [0.25, 0.3) is 0 Å². The molecule has 0 N–H and O–H groups in total. The van der Waals surface area contributed by atoms with Crippen molar-refractivity contribution in [2.24, 2.45) is 0 Å². The Labute approximate surface area is 161 Å². The molecule has 0 saturated carbocycles. The smallest absolute Gasteiger partial charge is 0.243 e. The molecule has 0 aromatic heterocycles. The number of nitrogens with zero attached hydrogens (tertiary/aromatic N) is 2. The van der Waals surface area contributed by atoms with Crippen molar-refractivity contribution in [2.45, 2.75) is 31.1 Å². The predicted octanol–water partition coefficient (Wildman–Crippen LogP) is 2.89. The van der Waals surface area contributed by atoms with E-state index in [0.717, 1.165) is 11.1 Å². The van der Waals surface area contributed by atoms with Gasteiger partial charge in [0.15, 0.2) is 0 Å². The van der Waals surface area contributed by atoms with Crippen LogP contribution in [0.2, 0.25) is 0 Å². The molecule has 144 valence electrons. The molecule has 27 heavy (non-hydrogen) atoms. The molecule has 0 atom stereocenters. The number of hydrogen-bond donors (Lipinski definition) is 0. The van der Waals surface area contributed by atoms with E-state index in [-0.39, 0.29) is 5.91 Å². The summed E-state index contributed by atoms with van der Waals surface area (Å²) in [7, 11) is -3.52. The van der Waals surface area contributed by atoms with Gasteiger partial charge in [0.1, 0.15) is 0 Å². The molecule has 0 spiro atoms. The predicted molar refractivity (Wildman–Crippen MR) is 106 cm³/mol. The summed E-state index contributed by atoms with van der Waals surface area (Å²) in [5.74, 6) is 0.403. The molecular formula is C21H26N2O3S. The molecular weight excluding hydrogens is 360 g/mol. The minimum absolute atomic E-state index is 0.0412. The molecule has 2 aromatic rings. The Hall–Kier alpha value is -2.18. The van der Waals surface area contributed by atoms with Crippen molar-refractivity contribution in [1.29, 1.82) is 0 Å². The van der Waals surface area contributed by atoms with Crippen molar-refractivity contribution < 1.29 is 13.2 Å². The summed E-state index contributed by atoms with van der Waals surface area (Å²) in [6.07, 6.45) is 0.351. The monoisotopic (exact) mass is 386 g/mol. The molecule has 6 heteroatoms. The second-order valence-electron chi connectivity index (χ2n) is 7.17. The molecule has 1 aliphatic heterocycles. The molecule has 5 nitrogen and oxygen atoms in total. The summed E-state index contributed by atoms with van der Waals surface area (Å²) in [5, 5.41) is 0. The second kappa shape index (κ2) is 8.23. The average Bonchev–Trinajstić information content (AvgIpc) is 2.69. The fraction of sp³-hybridized carbons (Fsp3) is 0.381. The first kappa shape index (κ1) is 19.6. The number of sulfonamides is 1. The SMILES string of the molecule is CC(C)c1ccc(S(=O)(=O)N2CCN(C(=O)Cc3ccccc3)CC2)cc1. The Morgan fingerprint density at radius 2 is 1.52 bits per heavy atom. The van der Waals surface area contributed by atoms with Gasteiger partial charge < -0.3 is 4.90 Å². The summed E-state index contributed by atoms with van der Waals surface area (Å²) in [6, 6.07) is 16.7. The molecule has 1 fully saturated rings. The standard InChI is InChI=1S/C21H26N2O3S/c1-17(2)19-8-10-20(11-9-19)27(25,26)23-14-12-22(13-15-23)21(24)16-18-6-4-3-5-7-18/h3-11,17H,12-16H2,1-2H3. The van der Waals surface area contributed by atoms with Crippen LogP contribution >= 0.6 is 0 Å². The Bertz CT molecular complexity index is 869. The van der Waals surface area contributed by atoms with Crippen LogP contribution < -0.4 is 0 Å². The van der Waals surface area contributed by atoms with E-state index in [1.807, 2.05) is 42.5 Å². The third-order valence-electron chi connectivity index (χ3n) is 4.97. The lowest BCUT2D eigenvalue weighted by atomic mass is 10.0. The van der Waals surface area contributed by atoms with Gasteiger partial charge in [-0.3, -0.25) is 4.79 Å². The minimum atomic E-state index is -3.52. The fourth-order valence-electron chi connectivity index (χ4n) is 3.23. The van der Waals surface area contributed by atoms with Crippen molar-refractivity contribution in [1.82, 2.24) is 9.21 Å². The van der Waals surface area contributed by atoms with Gasteiger partial charge in [-0.2, -0.15) is 4.31 Å². The van der Waals surface area contributed by atoms with Crippen LogP contribution in [0.25, 0.3) is 0 Å². The number of amides is 1. The van der Waals surface area contributed by atoms with E-state index in [1.165, 1.54) is 4.31 Å². The highest BCUT2D eigenvalue weighted by atomic mass is 32.2. The molecule has 2 aromatic carbocycles. The van der Waals surface area contributed by atoms with Crippen LogP contribution in [0.3, 0.4) is 0 Å². The molecule has 0 aliphatic carbocycles. The highest BCUT2D eigenvalue weighted by Gasteiger charge is 2.30. The van der Waals surface area contributed by atoms with Crippen molar-refractivity contribution in [3.05, 3.63) is 65.7 Å². The van der Waals surface area contributed by atoms with Gasteiger partial charge in [-0.25, -0.2) is 8.42 Å². The first-order valence-corrected chi connectivity index (χ1v) is 10.7. The van der Waals surface area contributed by atoms with Gasteiger partial charge in [0, 0.05) is 26.2 Å². The van der Waals surface area contributed by atoms with E-state index in [4.69, 9.17) is 0 Å². The quantitative estimate of drug-likeness (QED) is 0.794. The van der Waals surface area contributed by atoms with E-state index >= 15 is 0 Å². The Kier molecular flexibility index (Phi) is 5.97. The van der Waals surface area contributed by atoms with Crippen molar-refractivity contribution in [2.75, 3.05) is 26.2 Å². The van der Waals surface area contributed by atoms with Crippen molar-refractivity contribution in [3.8, 4) is 0 Å². The van der Waals surface area contributed by atoms with E-state index in [0.29, 0.717) is 43.4 Å². The third kappa shape index (κ3) is 4.57. The molecule has 0 unspecified atom stereocenters. The number of benzene rings is 2. The van der Waals surface area contributed by atoms with Crippen LogP contribution in [0.15, 0.2) is 59.5 Å². The van der Waals surface area contributed by atoms with Crippen LogP contribution in [0.4, 0.5) is 0 Å². The zero-order chi connectivity index (χ0) is 19.4. The van der Waals surface area contributed by atoms with E-state index < -0.39 is 10.0 Å². The Balaban J connectivity index is 1.61. The summed E-state index contributed by atoms with van der Waals surface area (Å²) >= 11 is 0. The zero-order valence-electron chi connectivity index (χ0n) is 15.8. The van der Waals surface area contributed by atoms with Crippen LogP contribution in [0, 0.1) is 0 Å². The molecule has 0 bridgehead atoms. The lowest BCUT2D eigenvalue weighted by molar-refractivity contribution is -0.131. The lowest BCUT2D eigenvalue weighted by Crippen LogP contribution is -2.50. The van der Waals surface area contributed by atoms with E-state index in [1.54, 1.807) is 17.0 Å². The number of carbonyl (C=O) groups is 1. The van der Waals surface area contributed by atoms with Crippen LogP contribution in [-0.4, -0.2) is 49.7 Å². The minimum Gasteiger partial charge on any atom is -0.340 e. The number of rotatable bonds is 5. The van der Waals surface area contributed by atoms with Crippen LogP contribution in [0.5, 0.6) is 0 Å². The normalized spacial score (nSPS) is 15.9. The van der Waals surface area contributed by atoms with Gasteiger partial charge in [-0.15, -0.1) is 0 Å². The molecule has 1 amide bonds. The van der Waals surface area contributed by atoms with Gasteiger partial charge in [-0.1, -0.05) is 56.3 Å². The number of hydrogen-bond acceptors (Lipinski definition) is 3. The molecule has 1 saturated heterocycles. The molecule has 3 rings (SSSR count). The summed E-state index contributed by atoms with van der Waals surface area (Å²) < 4.78 is 27.2. The number of carbonyl (C=O) groups excluding carboxylic acids is 1. The maximum Gasteiger partial charge on any atom is 0.243 e. The van der Waals surface area contributed by atoms with Crippen LogP contribution in [0.1, 0.15) is 30.9 Å². The highest BCUT2D eigenvalue weighted by molar-refractivity contribution is 7.89. The van der Waals surface area contributed by atoms with Gasteiger partial charge in [-0.05, 0) is 29.2 Å². The van der Waals surface area contributed by atoms with Crippen LogP contribution in [-0.2, 0) is 21.2 Å². The first-order valence-electron chi connectivity index (χ1n) is 9.30. The topological polar surface area (TPSA) is 57.7 Å². The average molecular weight is 387 g/mol. The first-order chi connectivity index (χ1) is 12.9. The van der Waals surface area contributed by atoms with E-state index in [2.05, 4.69) is 13.8 Å². The summed E-state index contributed by atoms with van der Waals surface area (Å²) in [4.78, 5) is 14.5. The van der Waals surface area contributed by atoms with Gasteiger partial charge >= 0.3 is 0 Å². The molecule has 0 radical (unpaired) electrons. The number of piperazine rings is 1. The summed E-state index contributed by atoms with van der Waals surface area (Å²) in [5.41, 5.74) is 2.09. The maximum atomic E-state index is 12.9. The lowest BCUT2D eigenvalue weighted by Gasteiger charge is -2.34. The van der Waals surface area contributed by atoms with E-state index in [9.17, 15) is 13.2 Å². The Morgan fingerprint density at radius 3 is 2.07 bits per heavy atom. The summed E-state index contributed by atoms with van der Waals surface area (Å²) in [6.45, 7) is 5.66. The zero-order valence-corrected chi connectivity index (χ0v) is 16.7. The van der Waals surface area contributed by atoms with Crippen molar-refractivity contribution in [3.63, 3.8) is 0 Å². The van der Waals surface area contributed by atoms with Gasteiger partial charge in [0.05, 0.1) is 11.3 Å². The molecule has 1 aliphatic rings. The highest BCUT2D eigenvalue weighted by Crippen LogP contribution is 2.21. The third-order valence-corrected chi connectivity index (χ3v) is 6.89.